The van der Waals surface area contributed by atoms with E-state index in [-0.39, 0.29) is 30.6 Å². The molecule has 1 heterocycles. The van der Waals surface area contributed by atoms with Crippen LogP contribution in [0.4, 0.5) is 4.39 Å². The van der Waals surface area contributed by atoms with Gasteiger partial charge in [-0.25, -0.2) is 4.39 Å². The summed E-state index contributed by atoms with van der Waals surface area (Å²) >= 11 is 0. The van der Waals surface area contributed by atoms with Crippen LogP contribution < -0.4 is 5.32 Å². The molecule has 1 aliphatic heterocycles. The fourth-order valence-electron chi connectivity index (χ4n) is 2.57. The predicted octanol–water partition coefficient (Wildman–Crippen LogP) is 3.33. The average molecular weight is 309 g/mol. The van der Waals surface area contributed by atoms with Crippen LogP contribution in [0.3, 0.4) is 0 Å². The van der Waals surface area contributed by atoms with Gasteiger partial charge in [0.2, 0.25) is 0 Å². The normalized spacial score (nSPS) is 17.2. The summed E-state index contributed by atoms with van der Waals surface area (Å²) in [6.07, 6.45) is 1.07. The number of nitrogens with zero attached hydrogens (tertiary/aromatic N) is 1. The molecule has 0 aromatic heterocycles. The monoisotopic (exact) mass is 308 g/mol. The van der Waals surface area contributed by atoms with Gasteiger partial charge in [0.05, 0.1) is 0 Å². The van der Waals surface area contributed by atoms with Crippen molar-refractivity contribution >= 4 is 24.8 Å². The maximum atomic E-state index is 13.3. The molecule has 1 saturated heterocycles. The molecule has 0 spiro atoms. The zero-order valence-corrected chi connectivity index (χ0v) is 13.1. The van der Waals surface area contributed by atoms with E-state index >= 15 is 0 Å². The van der Waals surface area contributed by atoms with Gasteiger partial charge < -0.3 is 5.32 Å². The van der Waals surface area contributed by atoms with E-state index in [1.807, 2.05) is 19.1 Å². The third-order valence-corrected chi connectivity index (χ3v) is 3.55. The van der Waals surface area contributed by atoms with E-state index in [0.29, 0.717) is 6.04 Å². The van der Waals surface area contributed by atoms with Crippen LogP contribution in [0.2, 0.25) is 0 Å². The molecule has 0 radical (unpaired) electrons. The Morgan fingerprint density at radius 1 is 1.26 bits per heavy atom. The largest absolute Gasteiger partial charge is 0.314 e. The average Bonchev–Trinajstić information content (AvgIpc) is 2.36. The summed E-state index contributed by atoms with van der Waals surface area (Å²) in [5.41, 5.74) is 1.99. The lowest BCUT2D eigenvalue weighted by Gasteiger charge is -2.34. The number of piperazine rings is 1. The molecule has 0 unspecified atom stereocenters. The van der Waals surface area contributed by atoms with E-state index in [4.69, 9.17) is 0 Å². The van der Waals surface area contributed by atoms with E-state index in [2.05, 4.69) is 17.1 Å². The van der Waals surface area contributed by atoms with Crippen molar-refractivity contribution in [1.29, 1.82) is 0 Å². The zero-order chi connectivity index (χ0) is 12.3. The van der Waals surface area contributed by atoms with Crippen molar-refractivity contribution in [2.45, 2.75) is 26.3 Å². The maximum Gasteiger partial charge on any atom is 0.126 e. The van der Waals surface area contributed by atoms with Gasteiger partial charge in [-0.15, -0.1) is 24.8 Å². The molecule has 1 aromatic rings. The maximum absolute atomic E-state index is 13.3. The van der Waals surface area contributed by atoms with Crippen molar-refractivity contribution < 1.29 is 4.39 Å². The van der Waals surface area contributed by atoms with Crippen LogP contribution in [0.25, 0.3) is 0 Å². The Balaban J connectivity index is 0.00000162. The Hall–Kier alpha value is -0.350. The summed E-state index contributed by atoms with van der Waals surface area (Å²) in [6, 6.07) is 5.94. The van der Waals surface area contributed by atoms with Gasteiger partial charge in [-0.2, -0.15) is 0 Å². The minimum absolute atomic E-state index is 0. The lowest BCUT2D eigenvalue weighted by molar-refractivity contribution is 0.169. The van der Waals surface area contributed by atoms with Crippen molar-refractivity contribution in [2.75, 3.05) is 26.2 Å². The van der Waals surface area contributed by atoms with Gasteiger partial charge in [0.15, 0.2) is 0 Å². The molecule has 5 heteroatoms. The predicted molar refractivity (Wildman–Crippen MR) is 83.1 cm³/mol. The van der Waals surface area contributed by atoms with Crippen LogP contribution in [-0.4, -0.2) is 31.1 Å². The number of aryl methyl sites for hydroxylation is 1. The first-order chi connectivity index (χ1) is 8.22. The second kappa shape index (κ2) is 8.75. The number of nitrogens with one attached hydrogen (secondary N) is 1. The van der Waals surface area contributed by atoms with Gasteiger partial charge in [-0.3, -0.25) is 4.90 Å². The first-order valence-corrected chi connectivity index (χ1v) is 6.43. The Labute approximate surface area is 127 Å². The number of halogens is 3. The molecule has 1 aromatic carbocycles. The van der Waals surface area contributed by atoms with Crippen molar-refractivity contribution in [3.05, 3.63) is 35.1 Å². The van der Waals surface area contributed by atoms with E-state index in [1.165, 1.54) is 5.56 Å². The summed E-state index contributed by atoms with van der Waals surface area (Å²) in [4.78, 5) is 2.49. The highest BCUT2D eigenvalue weighted by atomic mass is 35.5. The van der Waals surface area contributed by atoms with Crippen LogP contribution in [0.15, 0.2) is 18.2 Å². The molecule has 110 valence electrons. The molecule has 1 N–H and O–H groups in total. The van der Waals surface area contributed by atoms with Gasteiger partial charge in [0.1, 0.15) is 5.82 Å². The van der Waals surface area contributed by atoms with Gasteiger partial charge in [-0.1, -0.05) is 19.1 Å². The number of rotatable bonds is 3. The SMILES string of the molecule is CC[C@H](c1ccc(F)c(C)c1)N1CCNCC1.Cl.Cl. The highest BCUT2D eigenvalue weighted by molar-refractivity contribution is 5.85. The highest BCUT2D eigenvalue weighted by Crippen LogP contribution is 2.25. The van der Waals surface area contributed by atoms with Crippen molar-refractivity contribution in [3.63, 3.8) is 0 Å². The van der Waals surface area contributed by atoms with Crippen LogP contribution >= 0.6 is 24.8 Å². The Morgan fingerprint density at radius 2 is 1.89 bits per heavy atom. The molecule has 0 bridgehead atoms. The second-order valence-electron chi connectivity index (χ2n) is 4.72. The first-order valence-electron chi connectivity index (χ1n) is 6.43. The Kier molecular flexibility index (Phi) is 8.59. The summed E-state index contributed by atoms with van der Waals surface area (Å²) in [6.45, 7) is 8.30. The molecule has 1 fully saturated rings. The molecular formula is C14H23Cl2FN2. The molecule has 1 atom stereocenters. The zero-order valence-electron chi connectivity index (χ0n) is 11.5. The third-order valence-electron chi connectivity index (χ3n) is 3.55. The van der Waals surface area contributed by atoms with E-state index in [1.54, 1.807) is 6.07 Å². The van der Waals surface area contributed by atoms with Gasteiger partial charge >= 0.3 is 0 Å². The van der Waals surface area contributed by atoms with E-state index in [0.717, 1.165) is 38.2 Å². The van der Waals surface area contributed by atoms with Crippen LogP contribution in [0.1, 0.15) is 30.5 Å². The van der Waals surface area contributed by atoms with Gasteiger partial charge in [-0.05, 0) is 30.5 Å². The number of hydrogen-bond donors (Lipinski definition) is 1. The summed E-state index contributed by atoms with van der Waals surface area (Å²) < 4.78 is 13.3. The molecule has 19 heavy (non-hydrogen) atoms. The molecule has 2 nitrogen and oxygen atoms in total. The fraction of sp³-hybridized carbons (Fsp3) is 0.571. The Bertz CT molecular complexity index is 382. The Morgan fingerprint density at radius 3 is 2.42 bits per heavy atom. The van der Waals surface area contributed by atoms with Crippen molar-refractivity contribution in [2.24, 2.45) is 0 Å². The highest BCUT2D eigenvalue weighted by Gasteiger charge is 2.20. The van der Waals surface area contributed by atoms with E-state index in [9.17, 15) is 4.39 Å². The summed E-state index contributed by atoms with van der Waals surface area (Å²) in [7, 11) is 0. The van der Waals surface area contributed by atoms with Gasteiger partial charge in [0.25, 0.3) is 0 Å². The molecule has 1 aliphatic rings. The lowest BCUT2D eigenvalue weighted by Crippen LogP contribution is -2.45. The standard InChI is InChI=1S/C14H21FN2.2ClH/c1-3-14(17-8-6-16-7-9-17)12-4-5-13(15)11(2)10-12;;/h4-5,10,14,16H,3,6-9H2,1-2H3;2*1H/t14-;;/m1../s1. The molecular weight excluding hydrogens is 286 g/mol. The van der Waals surface area contributed by atoms with Gasteiger partial charge in [0, 0.05) is 32.2 Å². The molecule has 0 aliphatic carbocycles. The smallest absolute Gasteiger partial charge is 0.126 e. The fourth-order valence-corrected chi connectivity index (χ4v) is 2.57. The molecule has 2 rings (SSSR count). The first kappa shape index (κ1) is 18.7. The minimum atomic E-state index is -0.107. The summed E-state index contributed by atoms with van der Waals surface area (Å²) in [5.74, 6) is -0.107. The molecule has 0 amide bonds. The lowest BCUT2D eigenvalue weighted by atomic mass is 10.00. The number of hydrogen-bond acceptors (Lipinski definition) is 2. The second-order valence-corrected chi connectivity index (χ2v) is 4.72. The topological polar surface area (TPSA) is 15.3 Å². The minimum Gasteiger partial charge on any atom is -0.314 e. The van der Waals surface area contributed by atoms with Crippen LogP contribution in [0.5, 0.6) is 0 Å². The molecule has 0 saturated carbocycles. The van der Waals surface area contributed by atoms with Crippen LogP contribution in [0, 0.1) is 12.7 Å². The number of benzene rings is 1. The summed E-state index contributed by atoms with van der Waals surface area (Å²) in [5, 5.41) is 3.36. The quantitative estimate of drug-likeness (QED) is 0.921. The van der Waals surface area contributed by atoms with Crippen molar-refractivity contribution in [3.8, 4) is 0 Å². The van der Waals surface area contributed by atoms with E-state index < -0.39 is 0 Å². The van der Waals surface area contributed by atoms with Crippen LogP contribution in [-0.2, 0) is 0 Å². The van der Waals surface area contributed by atoms with Crippen molar-refractivity contribution in [1.82, 2.24) is 10.2 Å². The third kappa shape index (κ3) is 4.60.